The fourth-order valence-corrected chi connectivity index (χ4v) is 1.06. The van der Waals surface area contributed by atoms with Crippen LogP contribution in [0.4, 0.5) is 0 Å². The molecular weight excluding hydrogens is 284 g/mol. The van der Waals surface area contributed by atoms with Crippen molar-refractivity contribution in [3.63, 3.8) is 0 Å². The number of carbonyl (C=O) groups excluding carboxylic acids is 1. The molecule has 0 aliphatic heterocycles. The maximum absolute atomic E-state index is 11.5. The number of rotatable bonds is 2. The molecule has 0 radical (unpaired) electrons. The molecule has 1 rings (SSSR count). The Labute approximate surface area is 98.8 Å². The topological polar surface area (TPSA) is 79.8 Å². The number of alkyl halides is 1. The van der Waals surface area contributed by atoms with Crippen LogP contribution in [0.25, 0.3) is 0 Å². The van der Waals surface area contributed by atoms with E-state index in [0.717, 1.165) is 4.68 Å². The molecule has 8 heteroatoms. The Morgan fingerprint density at radius 3 is 2.87 bits per heavy atom. The van der Waals surface area contributed by atoms with Gasteiger partial charge in [-0.1, -0.05) is 15.9 Å². The molecule has 1 aromatic heterocycles. The lowest BCUT2D eigenvalue weighted by atomic mass is 10.5. The van der Waals surface area contributed by atoms with E-state index in [1.165, 1.54) is 6.92 Å². The van der Waals surface area contributed by atoms with Gasteiger partial charge in [-0.3, -0.25) is 20.1 Å². The third-order valence-electron chi connectivity index (χ3n) is 1.62. The molecule has 0 fully saturated rings. The predicted molar refractivity (Wildman–Crippen MR) is 61.2 cm³/mol. The largest absolute Gasteiger partial charge is 0.294 e. The van der Waals surface area contributed by atoms with Crippen LogP contribution in [0.15, 0.2) is 4.79 Å². The van der Waals surface area contributed by atoms with E-state index in [1.54, 1.807) is 6.92 Å². The number of aromatic nitrogens is 3. The van der Waals surface area contributed by atoms with Crippen molar-refractivity contribution in [2.24, 2.45) is 0 Å². The summed E-state index contributed by atoms with van der Waals surface area (Å²) in [5.41, 5.74) is 2.15. The molecule has 6 nitrogen and oxygen atoms in total. The molecule has 2 N–H and O–H groups in total. The van der Waals surface area contributed by atoms with Crippen LogP contribution in [0.3, 0.4) is 0 Å². The lowest BCUT2D eigenvalue weighted by Gasteiger charge is -2.08. The van der Waals surface area contributed by atoms with Gasteiger partial charge >= 0.3 is 0 Å². The normalized spacial score (nSPS) is 12.2. The highest BCUT2D eigenvalue weighted by molar-refractivity contribution is 9.10. The summed E-state index contributed by atoms with van der Waals surface area (Å²) in [7, 11) is 0. The summed E-state index contributed by atoms with van der Waals surface area (Å²) in [4.78, 5) is 22.5. The summed E-state index contributed by atoms with van der Waals surface area (Å²) in [6.07, 6.45) is 0. The van der Waals surface area contributed by atoms with Crippen molar-refractivity contribution in [1.82, 2.24) is 14.9 Å². The van der Waals surface area contributed by atoms with E-state index in [9.17, 15) is 9.59 Å². The third kappa shape index (κ3) is 2.72. The number of carbonyl (C=O) groups is 1. The van der Waals surface area contributed by atoms with E-state index < -0.39 is 10.4 Å². The molecule has 0 spiro atoms. The maximum Gasteiger partial charge on any atom is 0.294 e. The predicted octanol–water partition coefficient (Wildman–Crippen LogP) is 0.463. The second kappa shape index (κ2) is 4.67. The second-order valence-electron chi connectivity index (χ2n) is 2.85. The minimum atomic E-state index is -0.444. The number of aryl methyl sites for hydroxylation is 1. The molecular formula is C7H9BrN4O2S. The van der Waals surface area contributed by atoms with Gasteiger partial charge in [0.25, 0.3) is 11.5 Å². The van der Waals surface area contributed by atoms with Gasteiger partial charge in [-0.15, -0.1) is 0 Å². The van der Waals surface area contributed by atoms with Gasteiger partial charge in [-0.2, -0.15) is 9.77 Å². The standard InChI is InChI=1S/C7H9BrN4O2S/c1-3(8)5(13)11-12-6(14)4(2)9-10-7(12)15/h3H,1-2H3,(H,10,15)(H,11,13). The molecule has 0 saturated carbocycles. The van der Waals surface area contributed by atoms with Crippen LogP contribution in [0.5, 0.6) is 0 Å². The first-order valence-corrected chi connectivity index (χ1v) is 5.39. The molecule has 0 aromatic carbocycles. The van der Waals surface area contributed by atoms with E-state index in [0.29, 0.717) is 0 Å². The maximum atomic E-state index is 11.5. The lowest BCUT2D eigenvalue weighted by molar-refractivity contribution is -0.116. The highest BCUT2D eigenvalue weighted by Crippen LogP contribution is 1.96. The van der Waals surface area contributed by atoms with Crippen molar-refractivity contribution >= 4 is 34.1 Å². The number of nitrogens with zero attached hydrogens (tertiary/aromatic N) is 2. The van der Waals surface area contributed by atoms with Gasteiger partial charge in [0.15, 0.2) is 0 Å². The van der Waals surface area contributed by atoms with Crippen LogP contribution < -0.4 is 11.0 Å². The Kier molecular flexibility index (Phi) is 3.75. The van der Waals surface area contributed by atoms with E-state index in [2.05, 4.69) is 31.6 Å². The van der Waals surface area contributed by atoms with Gasteiger partial charge in [-0.25, -0.2) is 0 Å². The summed E-state index contributed by atoms with van der Waals surface area (Å²) in [5.74, 6) is -0.359. The number of amides is 1. The fraction of sp³-hybridized carbons (Fsp3) is 0.429. The highest BCUT2D eigenvalue weighted by Gasteiger charge is 2.11. The zero-order chi connectivity index (χ0) is 11.6. The Morgan fingerprint density at radius 1 is 1.73 bits per heavy atom. The third-order valence-corrected chi connectivity index (χ3v) is 2.31. The van der Waals surface area contributed by atoms with Crippen molar-refractivity contribution in [3.8, 4) is 0 Å². The number of hydrogen-bond acceptors (Lipinski definition) is 4. The van der Waals surface area contributed by atoms with Crippen molar-refractivity contribution < 1.29 is 4.79 Å². The minimum Gasteiger partial charge on any atom is -0.272 e. The summed E-state index contributed by atoms with van der Waals surface area (Å²) < 4.78 is 1.00. The van der Waals surface area contributed by atoms with Gasteiger partial charge in [0, 0.05) is 0 Å². The Hall–Kier alpha value is -1.02. The average Bonchev–Trinajstić information content (AvgIpc) is 2.18. The van der Waals surface area contributed by atoms with Crippen LogP contribution in [-0.2, 0) is 4.79 Å². The molecule has 1 unspecified atom stereocenters. The lowest BCUT2D eigenvalue weighted by Crippen LogP contribution is -2.38. The van der Waals surface area contributed by atoms with Crippen molar-refractivity contribution in [2.45, 2.75) is 18.7 Å². The number of halogens is 1. The molecule has 15 heavy (non-hydrogen) atoms. The van der Waals surface area contributed by atoms with E-state index in [1.807, 2.05) is 0 Å². The van der Waals surface area contributed by atoms with Gasteiger partial charge in [0.05, 0.1) is 4.83 Å². The fourth-order valence-electron chi connectivity index (χ4n) is 0.784. The number of nitrogens with one attached hydrogen (secondary N) is 2. The number of hydrogen-bond donors (Lipinski definition) is 2. The Morgan fingerprint density at radius 2 is 2.33 bits per heavy atom. The van der Waals surface area contributed by atoms with Gasteiger partial charge < -0.3 is 0 Å². The molecule has 1 amide bonds. The summed E-state index contributed by atoms with van der Waals surface area (Å²) in [5, 5.41) is 6.12. The second-order valence-corrected chi connectivity index (χ2v) is 4.61. The number of aromatic amines is 1. The molecule has 0 saturated heterocycles. The van der Waals surface area contributed by atoms with Crippen molar-refractivity contribution in [3.05, 3.63) is 20.8 Å². The van der Waals surface area contributed by atoms with Crippen LogP contribution in [0.2, 0.25) is 0 Å². The van der Waals surface area contributed by atoms with Crippen molar-refractivity contribution in [1.29, 1.82) is 0 Å². The van der Waals surface area contributed by atoms with Crippen LogP contribution in [-0.4, -0.2) is 25.6 Å². The molecule has 82 valence electrons. The highest BCUT2D eigenvalue weighted by atomic mass is 79.9. The molecule has 0 aliphatic carbocycles. The smallest absolute Gasteiger partial charge is 0.272 e. The van der Waals surface area contributed by atoms with Crippen LogP contribution >= 0.6 is 28.1 Å². The monoisotopic (exact) mass is 292 g/mol. The van der Waals surface area contributed by atoms with Crippen LogP contribution in [0.1, 0.15) is 12.6 Å². The Balaban J connectivity index is 3.16. The summed E-state index contributed by atoms with van der Waals surface area (Å²) >= 11 is 7.90. The molecule has 1 aromatic rings. The molecule has 1 heterocycles. The zero-order valence-electron chi connectivity index (χ0n) is 8.07. The van der Waals surface area contributed by atoms with Crippen LogP contribution in [0, 0.1) is 11.7 Å². The van der Waals surface area contributed by atoms with Gasteiger partial charge in [0.1, 0.15) is 5.69 Å². The van der Waals surface area contributed by atoms with Gasteiger partial charge in [-0.05, 0) is 26.1 Å². The average molecular weight is 293 g/mol. The first-order valence-electron chi connectivity index (χ1n) is 4.06. The summed E-state index contributed by atoms with van der Waals surface area (Å²) in [6.45, 7) is 3.16. The first-order chi connectivity index (χ1) is 6.93. The van der Waals surface area contributed by atoms with Crippen molar-refractivity contribution in [2.75, 3.05) is 5.43 Å². The van der Waals surface area contributed by atoms with Gasteiger partial charge in [0.2, 0.25) is 4.77 Å². The summed E-state index contributed by atoms with van der Waals surface area (Å²) in [6, 6.07) is 0. The molecule has 0 bridgehead atoms. The van der Waals surface area contributed by atoms with E-state index in [-0.39, 0.29) is 16.4 Å². The SMILES string of the molecule is Cc1n[nH]c(=S)n(NC(=O)C(C)Br)c1=O. The zero-order valence-corrected chi connectivity index (χ0v) is 10.5. The van der Waals surface area contributed by atoms with E-state index in [4.69, 9.17) is 12.2 Å². The molecule has 1 atom stereocenters. The first kappa shape index (κ1) is 12.1. The quantitative estimate of drug-likeness (QED) is 0.613. The number of H-pyrrole nitrogens is 1. The Bertz CT molecular complexity index is 492. The molecule has 0 aliphatic rings. The minimum absolute atomic E-state index is 0.0482. The van der Waals surface area contributed by atoms with E-state index >= 15 is 0 Å².